The van der Waals surface area contributed by atoms with E-state index in [2.05, 4.69) is 36.8 Å². The molecule has 0 saturated heterocycles. The van der Waals surface area contributed by atoms with Crippen LogP contribution in [0.25, 0.3) is 10.9 Å². The number of fused-ring (bicyclic) bond motifs is 1. The minimum absolute atomic E-state index is 0.0584. The molecule has 0 unspecified atom stereocenters. The van der Waals surface area contributed by atoms with Gasteiger partial charge in [-0.2, -0.15) is 0 Å². The number of carboxylic acid groups (broad SMARTS) is 1. The molecule has 1 aromatic carbocycles. The molecular formula is C14H14Br2N2O3. The number of carboxylic acids is 1. The average Bonchev–Trinajstić information content (AvgIpc) is 2.82. The lowest BCUT2D eigenvalue weighted by atomic mass is 10.1. The van der Waals surface area contributed by atoms with Crippen molar-refractivity contribution < 1.29 is 14.7 Å². The molecule has 0 spiro atoms. The van der Waals surface area contributed by atoms with Gasteiger partial charge in [-0.3, -0.25) is 9.59 Å². The second kappa shape index (κ2) is 6.62. The summed E-state index contributed by atoms with van der Waals surface area (Å²) in [5.74, 6) is -1.08. The van der Waals surface area contributed by atoms with Gasteiger partial charge in [-0.15, -0.1) is 0 Å². The number of hydrogen-bond donors (Lipinski definition) is 2. The molecule has 5 nitrogen and oxygen atoms in total. The molecule has 7 heteroatoms. The van der Waals surface area contributed by atoms with Crippen molar-refractivity contribution in [3.63, 3.8) is 0 Å². The van der Waals surface area contributed by atoms with Crippen LogP contribution >= 0.6 is 31.9 Å². The summed E-state index contributed by atoms with van der Waals surface area (Å²) in [5, 5.41) is 9.56. The largest absolute Gasteiger partial charge is 0.481 e. The van der Waals surface area contributed by atoms with Crippen molar-refractivity contribution in [1.29, 1.82) is 0 Å². The number of carbonyl (C=O) groups is 2. The number of aromatic amines is 1. The molecule has 0 bridgehead atoms. The lowest BCUT2D eigenvalue weighted by molar-refractivity contribution is -0.137. The third-order valence-electron chi connectivity index (χ3n) is 3.22. The Morgan fingerprint density at radius 2 is 1.95 bits per heavy atom. The molecule has 1 heterocycles. The molecule has 2 rings (SSSR count). The Labute approximate surface area is 138 Å². The molecular weight excluding hydrogens is 404 g/mol. The highest BCUT2D eigenvalue weighted by molar-refractivity contribution is 9.13. The molecule has 0 aliphatic rings. The first-order chi connectivity index (χ1) is 9.93. The van der Waals surface area contributed by atoms with Crippen LogP contribution in [0.4, 0.5) is 0 Å². The van der Waals surface area contributed by atoms with Gasteiger partial charge in [0.15, 0.2) is 0 Å². The highest BCUT2D eigenvalue weighted by atomic mass is 79.9. The first-order valence-electron chi connectivity index (χ1n) is 6.41. The second-order valence-corrected chi connectivity index (χ2v) is 6.25. The molecule has 0 aliphatic heterocycles. The van der Waals surface area contributed by atoms with Crippen molar-refractivity contribution in [2.75, 3.05) is 13.1 Å². The molecule has 0 fully saturated rings. The van der Waals surface area contributed by atoms with Crippen LogP contribution in [0.1, 0.15) is 23.7 Å². The Hall–Kier alpha value is -1.34. The van der Waals surface area contributed by atoms with Crippen LogP contribution < -0.4 is 0 Å². The van der Waals surface area contributed by atoms with Crippen LogP contribution in [0, 0.1) is 0 Å². The molecule has 21 heavy (non-hydrogen) atoms. The molecule has 0 aliphatic carbocycles. The molecule has 1 amide bonds. The van der Waals surface area contributed by atoms with E-state index in [0.29, 0.717) is 12.1 Å². The smallest absolute Gasteiger partial charge is 0.305 e. The van der Waals surface area contributed by atoms with Crippen LogP contribution in [0.15, 0.2) is 27.3 Å². The topological polar surface area (TPSA) is 73.4 Å². The Morgan fingerprint density at radius 1 is 1.29 bits per heavy atom. The SMILES string of the molecule is CCN(CCC(=O)O)C(=O)c1c[nH]c2cc(Br)c(Br)cc12. The molecule has 0 atom stereocenters. The van der Waals surface area contributed by atoms with E-state index in [4.69, 9.17) is 5.11 Å². The maximum atomic E-state index is 12.5. The van der Waals surface area contributed by atoms with Crippen LogP contribution in [-0.2, 0) is 4.79 Å². The van der Waals surface area contributed by atoms with Crippen LogP contribution in [0.5, 0.6) is 0 Å². The molecule has 1 aromatic heterocycles. The third-order valence-corrected chi connectivity index (χ3v) is 5.06. The zero-order valence-electron chi connectivity index (χ0n) is 11.3. The van der Waals surface area contributed by atoms with Crippen LogP contribution in [0.3, 0.4) is 0 Å². The molecule has 0 radical (unpaired) electrons. The number of benzene rings is 1. The maximum Gasteiger partial charge on any atom is 0.305 e. The Morgan fingerprint density at radius 3 is 2.57 bits per heavy atom. The highest BCUT2D eigenvalue weighted by Gasteiger charge is 2.19. The molecule has 0 saturated carbocycles. The first kappa shape index (κ1) is 16.0. The van der Waals surface area contributed by atoms with E-state index in [1.54, 1.807) is 6.20 Å². The first-order valence-corrected chi connectivity index (χ1v) is 7.99. The van der Waals surface area contributed by atoms with Gasteiger partial charge in [0.05, 0.1) is 12.0 Å². The van der Waals surface area contributed by atoms with E-state index >= 15 is 0 Å². The van der Waals surface area contributed by atoms with E-state index in [9.17, 15) is 9.59 Å². The summed E-state index contributed by atoms with van der Waals surface area (Å²) in [5.41, 5.74) is 1.40. The fourth-order valence-electron chi connectivity index (χ4n) is 2.10. The number of halogens is 2. The highest BCUT2D eigenvalue weighted by Crippen LogP contribution is 2.30. The van der Waals surface area contributed by atoms with Gasteiger partial charge in [-0.05, 0) is 50.9 Å². The molecule has 2 aromatic rings. The maximum absolute atomic E-state index is 12.5. The quantitative estimate of drug-likeness (QED) is 0.779. The van der Waals surface area contributed by atoms with Gasteiger partial charge in [0.2, 0.25) is 0 Å². The average molecular weight is 418 g/mol. The standard InChI is InChI=1S/C14H14Br2N2O3/c1-2-18(4-3-13(19)20)14(21)9-7-17-12-6-11(16)10(15)5-8(9)12/h5-7,17H,2-4H2,1H3,(H,19,20). The zero-order valence-corrected chi connectivity index (χ0v) is 14.5. The third kappa shape index (κ3) is 3.47. The van der Waals surface area contributed by atoms with E-state index in [0.717, 1.165) is 19.8 Å². The Kier molecular flexibility index (Phi) is 5.05. The summed E-state index contributed by atoms with van der Waals surface area (Å²) in [6.45, 7) is 2.51. The van der Waals surface area contributed by atoms with Crippen molar-refractivity contribution in [1.82, 2.24) is 9.88 Å². The number of aromatic nitrogens is 1. The lowest BCUT2D eigenvalue weighted by Crippen LogP contribution is -2.32. The summed E-state index contributed by atoms with van der Waals surface area (Å²) < 4.78 is 1.76. The summed E-state index contributed by atoms with van der Waals surface area (Å²) in [7, 11) is 0. The number of rotatable bonds is 5. The van der Waals surface area contributed by atoms with Crippen molar-refractivity contribution in [3.8, 4) is 0 Å². The minimum atomic E-state index is -0.910. The van der Waals surface area contributed by atoms with E-state index in [1.165, 1.54) is 4.90 Å². The van der Waals surface area contributed by atoms with Crippen molar-refractivity contribution >= 4 is 54.6 Å². The summed E-state index contributed by atoms with van der Waals surface area (Å²) in [6.07, 6.45) is 1.60. The van der Waals surface area contributed by atoms with E-state index < -0.39 is 5.97 Å². The Balaban J connectivity index is 2.34. The Bertz CT molecular complexity index is 697. The van der Waals surface area contributed by atoms with Crippen molar-refractivity contribution in [3.05, 3.63) is 32.8 Å². The predicted octanol–water partition coefficient (Wildman–Crippen LogP) is 3.63. The number of hydrogen-bond acceptors (Lipinski definition) is 2. The van der Waals surface area contributed by atoms with E-state index in [-0.39, 0.29) is 18.9 Å². The zero-order chi connectivity index (χ0) is 15.6. The minimum Gasteiger partial charge on any atom is -0.481 e. The van der Waals surface area contributed by atoms with Gasteiger partial charge in [0, 0.05) is 39.1 Å². The van der Waals surface area contributed by atoms with Crippen LogP contribution in [0.2, 0.25) is 0 Å². The summed E-state index contributed by atoms with van der Waals surface area (Å²) in [4.78, 5) is 27.8. The van der Waals surface area contributed by atoms with Gasteiger partial charge in [0.1, 0.15) is 0 Å². The number of amides is 1. The van der Waals surface area contributed by atoms with Crippen LogP contribution in [-0.4, -0.2) is 40.0 Å². The number of carbonyl (C=O) groups excluding carboxylic acids is 1. The van der Waals surface area contributed by atoms with Gasteiger partial charge >= 0.3 is 5.97 Å². The number of H-pyrrole nitrogens is 1. The second-order valence-electron chi connectivity index (χ2n) is 4.54. The number of nitrogens with one attached hydrogen (secondary N) is 1. The normalized spacial score (nSPS) is 10.8. The fourth-order valence-corrected chi connectivity index (χ4v) is 2.78. The monoisotopic (exact) mass is 416 g/mol. The van der Waals surface area contributed by atoms with Gasteiger partial charge in [-0.1, -0.05) is 0 Å². The van der Waals surface area contributed by atoms with Gasteiger partial charge in [0.25, 0.3) is 5.91 Å². The summed E-state index contributed by atoms with van der Waals surface area (Å²) in [6, 6.07) is 3.76. The lowest BCUT2D eigenvalue weighted by Gasteiger charge is -2.19. The summed E-state index contributed by atoms with van der Waals surface area (Å²) >= 11 is 6.84. The fraction of sp³-hybridized carbons (Fsp3) is 0.286. The number of aliphatic carboxylic acids is 1. The number of nitrogens with zero attached hydrogens (tertiary/aromatic N) is 1. The molecule has 2 N–H and O–H groups in total. The van der Waals surface area contributed by atoms with E-state index in [1.807, 2.05) is 19.1 Å². The van der Waals surface area contributed by atoms with Crippen molar-refractivity contribution in [2.24, 2.45) is 0 Å². The predicted molar refractivity (Wildman–Crippen MR) is 87.5 cm³/mol. The van der Waals surface area contributed by atoms with Crippen molar-refractivity contribution in [2.45, 2.75) is 13.3 Å². The molecule has 112 valence electrons. The van der Waals surface area contributed by atoms with Gasteiger partial charge < -0.3 is 15.0 Å². The van der Waals surface area contributed by atoms with Gasteiger partial charge in [-0.25, -0.2) is 0 Å².